The molecular formula is C21H23N5O3S. The lowest BCUT2D eigenvalue weighted by molar-refractivity contribution is 0.0526. The summed E-state index contributed by atoms with van der Waals surface area (Å²) in [6.07, 6.45) is 5.60. The van der Waals surface area contributed by atoms with Gasteiger partial charge in [0.15, 0.2) is 0 Å². The molecule has 3 aromatic heterocycles. The molecule has 2 N–H and O–H groups in total. The number of urea groups is 1. The predicted molar refractivity (Wildman–Crippen MR) is 117 cm³/mol. The summed E-state index contributed by atoms with van der Waals surface area (Å²) < 4.78 is 5.08. The maximum absolute atomic E-state index is 12.1. The topological polar surface area (TPSA) is 106 Å². The van der Waals surface area contributed by atoms with Gasteiger partial charge in [-0.3, -0.25) is 10.3 Å². The molecule has 30 heavy (non-hydrogen) atoms. The van der Waals surface area contributed by atoms with Crippen LogP contribution in [0.5, 0.6) is 0 Å². The lowest BCUT2D eigenvalue weighted by atomic mass is 10.0. The van der Waals surface area contributed by atoms with Crippen LogP contribution in [0.1, 0.15) is 36.8 Å². The molecule has 0 atom stereocenters. The van der Waals surface area contributed by atoms with Crippen molar-refractivity contribution >= 4 is 29.2 Å². The summed E-state index contributed by atoms with van der Waals surface area (Å²) in [5.74, 6) is -0.0270. The quantitative estimate of drug-likeness (QED) is 0.551. The van der Waals surface area contributed by atoms with E-state index in [1.165, 1.54) is 17.5 Å². The van der Waals surface area contributed by atoms with Crippen molar-refractivity contribution in [2.24, 2.45) is 0 Å². The fraction of sp³-hybridized carbons (Fsp3) is 0.286. The maximum atomic E-state index is 12.1. The number of carbonyl (C=O) groups excluding carboxylic acids is 2. The van der Waals surface area contributed by atoms with Crippen LogP contribution in [0.3, 0.4) is 0 Å². The zero-order valence-electron chi connectivity index (χ0n) is 17.1. The second-order valence-corrected chi connectivity index (χ2v) is 7.14. The average Bonchev–Trinajstić information content (AvgIpc) is 3.23. The van der Waals surface area contributed by atoms with Crippen LogP contribution < -0.4 is 10.6 Å². The van der Waals surface area contributed by atoms with Crippen LogP contribution in [0.25, 0.3) is 21.7 Å². The summed E-state index contributed by atoms with van der Waals surface area (Å²) in [7, 11) is 0. The van der Waals surface area contributed by atoms with Crippen LogP contribution in [0.15, 0.2) is 36.1 Å². The Morgan fingerprint density at radius 3 is 2.63 bits per heavy atom. The number of aryl methyl sites for hydroxylation is 1. The van der Waals surface area contributed by atoms with E-state index in [1.807, 2.05) is 19.2 Å². The number of pyridine rings is 2. The molecule has 0 aromatic carbocycles. The first-order chi connectivity index (χ1) is 14.5. The molecule has 0 spiro atoms. The van der Waals surface area contributed by atoms with Gasteiger partial charge in [-0.2, -0.15) is 0 Å². The fourth-order valence-corrected chi connectivity index (χ4v) is 3.69. The van der Waals surface area contributed by atoms with Gasteiger partial charge in [-0.25, -0.2) is 19.6 Å². The Kier molecular flexibility index (Phi) is 7.08. The van der Waals surface area contributed by atoms with Gasteiger partial charge in [0.1, 0.15) is 10.8 Å². The van der Waals surface area contributed by atoms with Crippen molar-refractivity contribution < 1.29 is 14.3 Å². The molecule has 8 nitrogen and oxygen atoms in total. The molecule has 0 saturated heterocycles. The number of rotatable bonds is 7. The molecule has 0 unspecified atom stereocenters. The van der Waals surface area contributed by atoms with Gasteiger partial charge >= 0.3 is 12.0 Å². The van der Waals surface area contributed by atoms with E-state index in [0.29, 0.717) is 23.5 Å². The number of amides is 2. The van der Waals surface area contributed by atoms with E-state index in [2.05, 4.69) is 25.6 Å². The minimum absolute atomic E-state index is 0.287. The van der Waals surface area contributed by atoms with Gasteiger partial charge in [-0.1, -0.05) is 6.92 Å². The number of aromatic nitrogens is 3. The Labute approximate surface area is 178 Å². The molecule has 9 heteroatoms. The number of nitrogens with zero attached hydrogens (tertiary/aromatic N) is 3. The zero-order chi connectivity index (χ0) is 21.5. The number of thiazole rings is 1. The average molecular weight is 426 g/mol. The van der Waals surface area contributed by atoms with E-state index in [-0.39, 0.29) is 12.6 Å². The highest BCUT2D eigenvalue weighted by molar-refractivity contribution is 7.13. The smallest absolute Gasteiger partial charge is 0.339 e. The molecule has 0 aliphatic rings. The van der Waals surface area contributed by atoms with Crippen molar-refractivity contribution in [3.05, 3.63) is 47.4 Å². The first kappa shape index (κ1) is 21.4. The Morgan fingerprint density at radius 1 is 1.10 bits per heavy atom. The summed E-state index contributed by atoms with van der Waals surface area (Å²) >= 11 is 1.51. The Hall–Kier alpha value is -3.33. The molecular weight excluding hydrogens is 402 g/mol. The molecule has 3 aromatic rings. The van der Waals surface area contributed by atoms with Crippen LogP contribution in [0, 0.1) is 0 Å². The minimum Gasteiger partial charge on any atom is -0.462 e. The summed E-state index contributed by atoms with van der Waals surface area (Å²) in [4.78, 5) is 37.3. The van der Waals surface area contributed by atoms with E-state index in [4.69, 9.17) is 4.74 Å². The molecule has 0 radical (unpaired) electrons. The lowest BCUT2D eigenvalue weighted by Crippen LogP contribution is -2.28. The van der Waals surface area contributed by atoms with Crippen molar-refractivity contribution in [2.45, 2.75) is 27.2 Å². The number of nitrogens with one attached hydrogen (secondary N) is 2. The molecule has 0 fully saturated rings. The van der Waals surface area contributed by atoms with Gasteiger partial charge in [0.05, 0.1) is 17.9 Å². The molecule has 3 heterocycles. The zero-order valence-corrected chi connectivity index (χ0v) is 17.9. The molecule has 0 bridgehead atoms. The Balaban J connectivity index is 2.06. The van der Waals surface area contributed by atoms with Gasteiger partial charge in [0.25, 0.3) is 0 Å². The summed E-state index contributed by atoms with van der Waals surface area (Å²) in [6.45, 7) is 6.43. The second kappa shape index (κ2) is 9.93. The van der Waals surface area contributed by atoms with Crippen molar-refractivity contribution in [3.8, 4) is 21.7 Å². The van der Waals surface area contributed by atoms with E-state index >= 15 is 0 Å². The highest BCUT2D eigenvalue weighted by Gasteiger charge is 2.16. The summed E-state index contributed by atoms with van der Waals surface area (Å²) in [6, 6.07) is 3.17. The molecule has 3 rings (SSSR count). The monoisotopic (exact) mass is 425 g/mol. The van der Waals surface area contributed by atoms with Crippen molar-refractivity contribution in [1.82, 2.24) is 20.3 Å². The summed E-state index contributed by atoms with van der Waals surface area (Å²) in [5, 5.41) is 8.20. The third-order valence-corrected chi connectivity index (χ3v) is 5.11. The van der Waals surface area contributed by atoms with E-state index < -0.39 is 5.97 Å². The van der Waals surface area contributed by atoms with Crippen molar-refractivity contribution in [3.63, 3.8) is 0 Å². The van der Waals surface area contributed by atoms with Crippen molar-refractivity contribution in [2.75, 3.05) is 18.5 Å². The largest absolute Gasteiger partial charge is 0.462 e. The number of ether oxygens (including phenoxy) is 1. The number of esters is 1. The maximum Gasteiger partial charge on any atom is 0.339 e. The normalized spacial score (nSPS) is 10.5. The molecule has 0 saturated carbocycles. The van der Waals surface area contributed by atoms with Crippen LogP contribution in [0.2, 0.25) is 0 Å². The Bertz CT molecular complexity index is 1050. The number of hydrogen-bond acceptors (Lipinski definition) is 7. The van der Waals surface area contributed by atoms with Crippen molar-refractivity contribution in [1.29, 1.82) is 0 Å². The SMILES string of the molecule is CCNC(=O)Nc1cc(-c2nc(CC)cs2)c(-c2cncc(C(=O)OCC)c2)cn1. The first-order valence-corrected chi connectivity index (χ1v) is 10.6. The lowest BCUT2D eigenvalue weighted by Gasteiger charge is -2.11. The first-order valence-electron chi connectivity index (χ1n) is 9.67. The van der Waals surface area contributed by atoms with Crippen LogP contribution >= 0.6 is 11.3 Å². The van der Waals surface area contributed by atoms with Crippen LogP contribution in [-0.2, 0) is 11.2 Å². The molecule has 0 aliphatic heterocycles. The van der Waals surface area contributed by atoms with Crippen LogP contribution in [-0.4, -0.2) is 40.1 Å². The van der Waals surface area contributed by atoms with Gasteiger partial charge in [-0.05, 0) is 32.4 Å². The fourth-order valence-electron chi connectivity index (χ4n) is 2.76. The van der Waals surface area contributed by atoms with E-state index in [1.54, 1.807) is 31.5 Å². The highest BCUT2D eigenvalue weighted by atomic mass is 32.1. The van der Waals surface area contributed by atoms with E-state index in [9.17, 15) is 9.59 Å². The number of hydrogen-bond donors (Lipinski definition) is 2. The minimum atomic E-state index is -0.432. The van der Waals surface area contributed by atoms with Gasteiger partial charge < -0.3 is 10.1 Å². The third kappa shape index (κ3) is 4.98. The van der Waals surface area contributed by atoms with Crippen LogP contribution in [0.4, 0.5) is 10.6 Å². The predicted octanol–water partition coefficient (Wildman–Crippen LogP) is 4.15. The van der Waals surface area contributed by atoms with Gasteiger partial charge in [0.2, 0.25) is 0 Å². The number of anilines is 1. The molecule has 156 valence electrons. The molecule has 0 aliphatic carbocycles. The van der Waals surface area contributed by atoms with Gasteiger partial charge in [0, 0.05) is 47.2 Å². The number of carbonyl (C=O) groups is 2. The second-order valence-electron chi connectivity index (χ2n) is 6.28. The standard InChI is InChI=1S/C21H23N5O3S/c1-4-15-12-30-19(25-15)16-8-18(26-21(28)23-5-2)24-11-17(16)13-7-14(10-22-9-13)20(27)29-6-3/h7-12H,4-6H2,1-3H3,(H2,23,24,26,28). The molecule has 2 amide bonds. The third-order valence-electron chi connectivity index (χ3n) is 4.19. The highest BCUT2D eigenvalue weighted by Crippen LogP contribution is 2.35. The van der Waals surface area contributed by atoms with Gasteiger partial charge in [-0.15, -0.1) is 11.3 Å². The summed E-state index contributed by atoms with van der Waals surface area (Å²) in [5.41, 5.74) is 3.60. The Morgan fingerprint density at radius 2 is 1.93 bits per heavy atom. The van der Waals surface area contributed by atoms with E-state index in [0.717, 1.165) is 28.2 Å².